The molecule has 0 aromatic heterocycles. The van der Waals surface area contributed by atoms with Crippen molar-refractivity contribution < 1.29 is 8.42 Å². The fourth-order valence-electron chi connectivity index (χ4n) is 0.674. The molecule has 0 bridgehead atoms. The van der Waals surface area contributed by atoms with Crippen molar-refractivity contribution in [2.75, 3.05) is 24.6 Å². The van der Waals surface area contributed by atoms with E-state index in [0.717, 1.165) is 5.57 Å². The van der Waals surface area contributed by atoms with Crippen LogP contribution in [-0.4, -0.2) is 33.0 Å². The summed E-state index contributed by atoms with van der Waals surface area (Å²) in [6.07, 6.45) is 0. The Morgan fingerprint density at radius 2 is 2.08 bits per heavy atom. The van der Waals surface area contributed by atoms with Gasteiger partial charge < -0.3 is 5.32 Å². The van der Waals surface area contributed by atoms with Crippen LogP contribution in [0.4, 0.5) is 0 Å². The van der Waals surface area contributed by atoms with Gasteiger partial charge in [-0.1, -0.05) is 19.1 Å². The first-order chi connectivity index (χ1) is 5.48. The lowest BCUT2D eigenvalue weighted by molar-refractivity contribution is 0.593. The molecule has 0 unspecified atom stereocenters. The minimum Gasteiger partial charge on any atom is -0.312 e. The predicted octanol–water partition coefficient (Wildman–Crippen LogP) is 0.587. The molecule has 0 aliphatic carbocycles. The Hall–Kier alpha value is -0.350. The third-order valence-corrected chi connectivity index (χ3v) is 3.16. The Kier molecular flexibility index (Phi) is 5.17. The normalized spacial score (nSPS) is 11.5. The van der Waals surface area contributed by atoms with Crippen molar-refractivity contribution >= 4 is 9.84 Å². The van der Waals surface area contributed by atoms with Crippen molar-refractivity contribution in [2.24, 2.45) is 0 Å². The standard InChI is InChI=1S/C8H17NO2S/c1-4-12(10,11)6-5-9-7-8(2)3/h9H,2,4-7H2,1,3H3. The summed E-state index contributed by atoms with van der Waals surface area (Å²) in [5.41, 5.74) is 1.02. The van der Waals surface area contributed by atoms with Gasteiger partial charge in [-0.3, -0.25) is 0 Å². The maximum Gasteiger partial charge on any atom is 0.151 e. The van der Waals surface area contributed by atoms with Gasteiger partial charge in [0, 0.05) is 18.8 Å². The number of sulfone groups is 1. The van der Waals surface area contributed by atoms with Gasteiger partial charge in [0.1, 0.15) is 0 Å². The highest BCUT2D eigenvalue weighted by Crippen LogP contribution is 1.87. The molecule has 0 aromatic carbocycles. The van der Waals surface area contributed by atoms with E-state index in [1.807, 2.05) is 6.92 Å². The van der Waals surface area contributed by atoms with Crippen LogP contribution in [0.3, 0.4) is 0 Å². The average Bonchev–Trinajstić information content (AvgIpc) is 1.98. The van der Waals surface area contributed by atoms with Crippen molar-refractivity contribution in [3.05, 3.63) is 12.2 Å². The monoisotopic (exact) mass is 191 g/mol. The van der Waals surface area contributed by atoms with Crippen LogP contribution in [0.15, 0.2) is 12.2 Å². The van der Waals surface area contributed by atoms with Gasteiger partial charge in [-0.25, -0.2) is 8.42 Å². The van der Waals surface area contributed by atoms with E-state index in [1.165, 1.54) is 0 Å². The molecule has 0 aromatic rings. The smallest absolute Gasteiger partial charge is 0.151 e. The third kappa shape index (κ3) is 6.37. The lowest BCUT2D eigenvalue weighted by atomic mass is 10.3. The molecule has 12 heavy (non-hydrogen) atoms. The van der Waals surface area contributed by atoms with Crippen molar-refractivity contribution in [1.82, 2.24) is 5.32 Å². The summed E-state index contributed by atoms with van der Waals surface area (Å²) in [6.45, 7) is 8.47. The van der Waals surface area contributed by atoms with Crippen LogP contribution >= 0.6 is 0 Å². The third-order valence-electron chi connectivity index (χ3n) is 1.46. The Morgan fingerprint density at radius 1 is 1.50 bits per heavy atom. The lowest BCUT2D eigenvalue weighted by Crippen LogP contribution is -2.24. The van der Waals surface area contributed by atoms with E-state index in [-0.39, 0.29) is 11.5 Å². The van der Waals surface area contributed by atoms with E-state index in [2.05, 4.69) is 11.9 Å². The minimum atomic E-state index is -2.81. The molecule has 0 heterocycles. The second-order valence-corrected chi connectivity index (χ2v) is 5.34. The van der Waals surface area contributed by atoms with Gasteiger partial charge in [0.2, 0.25) is 0 Å². The van der Waals surface area contributed by atoms with E-state index in [1.54, 1.807) is 6.92 Å². The van der Waals surface area contributed by atoms with Crippen LogP contribution in [0.25, 0.3) is 0 Å². The molecule has 0 radical (unpaired) electrons. The molecule has 0 fully saturated rings. The molecule has 0 rings (SSSR count). The molecule has 72 valence electrons. The zero-order chi connectivity index (χ0) is 9.61. The number of hydrogen-bond donors (Lipinski definition) is 1. The molecular formula is C8H17NO2S. The van der Waals surface area contributed by atoms with Crippen molar-refractivity contribution in [2.45, 2.75) is 13.8 Å². The fraction of sp³-hybridized carbons (Fsp3) is 0.750. The molecule has 0 spiro atoms. The summed E-state index contributed by atoms with van der Waals surface area (Å²) in [6, 6.07) is 0. The van der Waals surface area contributed by atoms with E-state index in [9.17, 15) is 8.42 Å². The summed E-state index contributed by atoms with van der Waals surface area (Å²) in [5, 5.41) is 3.00. The van der Waals surface area contributed by atoms with Crippen molar-refractivity contribution in [3.8, 4) is 0 Å². The van der Waals surface area contributed by atoms with Crippen LogP contribution in [0, 0.1) is 0 Å². The topological polar surface area (TPSA) is 46.2 Å². The maximum atomic E-state index is 11.0. The van der Waals surface area contributed by atoms with Crippen LogP contribution in [0.5, 0.6) is 0 Å². The van der Waals surface area contributed by atoms with Crippen LogP contribution < -0.4 is 5.32 Å². The lowest BCUT2D eigenvalue weighted by Gasteiger charge is -2.03. The van der Waals surface area contributed by atoms with Gasteiger partial charge >= 0.3 is 0 Å². The van der Waals surface area contributed by atoms with Gasteiger partial charge in [0.15, 0.2) is 9.84 Å². The minimum absolute atomic E-state index is 0.219. The van der Waals surface area contributed by atoms with E-state index < -0.39 is 9.84 Å². The van der Waals surface area contributed by atoms with Gasteiger partial charge in [0.25, 0.3) is 0 Å². The van der Waals surface area contributed by atoms with Crippen molar-refractivity contribution in [1.29, 1.82) is 0 Å². The SMILES string of the molecule is C=C(C)CNCCS(=O)(=O)CC. The van der Waals surface area contributed by atoms with Gasteiger partial charge in [0.05, 0.1) is 5.75 Å². The van der Waals surface area contributed by atoms with Crippen LogP contribution in [-0.2, 0) is 9.84 Å². The Balaban J connectivity index is 3.51. The molecular weight excluding hydrogens is 174 g/mol. The highest BCUT2D eigenvalue weighted by atomic mass is 32.2. The summed E-state index contributed by atoms with van der Waals surface area (Å²) in [4.78, 5) is 0. The predicted molar refractivity (Wildman–Crippen MR) is 52.0 cm³/mol. The molecule has 0 amide bonds. The molecule has 0 atom stereocenters. The second-order valence-electron chi connectivity index (χ2n) is 2.87. The van der Waals surface area contributed by atoms with Gasteiger partial charge in [-0.2, -0.15) is 0 Å². The second kappa shape index (κ2) is 5.32. The van der Waals surface area contributed by atoms with Crippen LogP contribution in [0.2, 0.25) is 0 Å². The molecule has 0 saturated carbocycles. The largest absolute Gasteiger partial charge is 0.312 e. The Morgan fingerprint density at radius 3 is 2.50 bits per heavy atom. The fourth-order valence-corrected chi connectivity index (χ4v) is 1.42. The van der Waals surface area contributed by atoms with Gasteiger partial charge in [-0.05, 0) is 6.92 Å². The number of nitrogens with one attached hydrogen (secondary N) is 1. The van der Waals surface area contributed by atoms with E-state index in [4.69, 9.17) is 0 Å². The Bertz CT molecular complexity index is 231. The molecule has 0 aliphatic rings. The average molecular weight is 191 g/mol. The first-order valence-corrected chi connectivity index (χ1v) is 5.85. The van der Waals surface area contributed by atoms with Gasteiger partial charge in [-0.15, -0.1) is 0 Å². The first kappa shape index (κ1) is 11.6. The molecule has 1 N–H and O–H groups in total. The zero-order valence-corrected chi connectivity index (χ0v) is 8.58. The van der Waals surface area contributed by atoms with E-state index in [0.29, 0.717) is 13.1 Å². The van der Waals surface area contributed by atoms with Crippen molar-refractivity contribution in [3.63, 3.8) is 0 Å². The molecule has 0 saturated heterocycles. The molecule has 3 nitrogen and oxygen atoms in total. The Labute approximate surface area is 74.8 Å². The summed E-state index contributed by atoms with van der Waals surface area (Å²) in [7, 11) is -2.81. The highest BCUT2D eigenvalue weighted by Gasteiger charge is 2.05. The van der Waals surface area contributed by atoms with Crippen LogP contribution in [0.1, 0.15) is 13.8 Å². The maximum absolute atomic E-state index is 11.0. The zero-order valence-electron chi connectivity index (χ0n) is 7.76. The van der Waals surface area contributed by atoms with E-state index >= 15 is 0 Å². The molecule has 0 aliphatic heterocycles. The quantitative estimate of drug-likeness (QED) is 0.493. The summed E-state index contributed by atoms with van der Waals surface area (Å²) in [5.74, 6) is 0.443. The number of rotatable bonds is 6. The molecule has 4 heteroatoms. The summed E-state index contributed by atoms with van der Waals surface area (Å²) >= 11 is 0. The summed E-state index contributed by atoms with van der Waals surface area (Å²) < 4.78 is 22.0. The highest BCUT2D eigenvalue weighted by molar-refractivity contribution is 7.91. The first-order valence-electron chi connectivity index (χ1n) is 4.03. The number of hydrogen-bond acceptors (Lipinski definition) is 3.